The molecule has 2 atom stereocenters. The maximum atomic E-state index is 10.3. The van der Waals surface area contributed by atoms with E-state index in [1.54, 1.807) is 0 Å². The Labute approximate surface area is 106 Å². The van der Waals surface area contributed by atoms with Crippen molar-refractivity contribution in [3.63, 3.8) is 0 Å². The van der Waals surface area contributed by atoms with Crippen LogP contribution in [0.25, 0.3) is 0 Å². The van der Waals surface area contributed by atoms with Gasteiger partial charge in [-0.2, -0.15) is 0 Å². The van der Waals surface area contributed by atoms with E-state index in [1.807, 2.05) is 24.3 Å². The van der Waals surface area contributed by atoms with Crippen molar-refractivity contribution in [1.82, 2.24) is 0 Å². The van der Waals surface area contributed by atoms with Crippen LogP contribution in [0.5, 0.6) is 0 Å². The van der Waals surface area contributed by atoms with Crippen LogP contribution in [-0.2, 0) is 0 Å². The molecular weight excluding hydrogens is 224 g/mol. The number of benzene rings is 2. The second-order valence-corrected chi connectivity index (χ2v) is 5.19. The normalized spacial score (nSPS) is 31.9. The molecule has 3 aliphatic rings. The number of aliphatic hydroxyl groups is 2. The highest BCUT2D eigenvalue weighted by molar-refractivity contribution is 5.57. The number of hydrogen-bond acceptors (Lipinski definition) is 2. The van der Waals surface area contributed by atoms with Crippen LogP contribution >= 0.6 is 0 Å². The first-order chi connectivity index (χ1) is 8.79. The van der Waals surface area contributed by atoms with E-state index in [1.165, 1.54) is 22.3 Å². The summed E-state index contributed by atoms with van der Waals surface area (Å²) in [5.74, 6) is -0.171. The van der Waals surface area contributed by atoms with Gasteiger partial charge in [0, 0.05) is 11.8 Å². The minimum Gasteiger partial charge on any atom is -0.389 e. The lowest BCUT2D eigenvalue weighted by molar-refractivity contribution is -0.0154. The van der Waals surface area contributed by atoms with Crippen LogP contribution in [0.3, 0.4) is 0 Å². The van der Waals surface area contributed by atoms with Gasteiger partial charge in [0.25, 0.3) is 0 Å². The van der Waals surface area contributed by atoms with Gasteiger partial charge in [-0.25, -0.2) is 0 Å². The van der Waals surface area contributed by atoms with Gasteiger partial charge in [-0.3, -0.25) is 0 Å². The third-order valence-corrected chi connectivity index (χ3v) is 4.37. The van der Waals surface area contributed by atoms with Gasteiger partial charge < -0.3 is 10.2 Å². The van der Waals surface area contributed by atoms with E-state index in [-0.39, 0.29) is 11.8 Å². The number of hydrogen-bond donors (Lipinski definition) is 2. The smallest absolute Gasteiger partial charge is 0.0917 e. The first-order valence-electron chi connectivity index (χ1n) is 6.33. The summed E-state index contributed by atoms with van der Waals surface area (Å²) in [6.07, 6.45) is -1.39. The van der Waals surface area contributed by atoms with E-state index < -0.39 is 12.2 Å². The van der Waals surface area contributed by atoms with Crippen molar-refractivity contribution in [3.05, 3.63) is 70.8 Å². The summed E-state index contributed by atoms with van der Waals surface area (Å²) in [7, 11) is 0. The second kappa shape index (κ2) is 3.44. The zero-order chi connectivity index (χ0) is 12.3. The van der Waals surface area contributed by atoms with Gasteiger partial charge >= 0.3 is 0 Å². The zero-order valence-electron chi connectivity index (χ0n) is 9.82. The number of aliphatic hydroxyl groups excluding tert-OH is 2. The Hall–Kier alpha value is -1.64. The van der Waals surface area contributed by atoms with Crippen LogP contribution in [0.2, 0.25) is 0 Å². The predicted octanol–water partition coefficient (Wildman–Crippen LogP) is 2.00. The third kappa shape index (κ3) is 1.10. The fraction of sp³-hybridized carbons (Fsp3) is 0.250. The van der Waals surface area contributed by atoms with Crippen LogP contribution in [0.15, 0.2) is 48.5 Å². The highest BCUT2D eigenvalue weighted by atomic mass is 16.3. The van der Waals surface area contributed by atoms with E-state index in [0.717, 1.165) is 0 Å². The minimum atomic E-state index is -0.695. The van der Waals surface area contributed by atoms with Gasteiger partial charge in [0.05, 0.1) is 12.2 Å². The van der Waals surface area contributed by atoms with Crippen LogP contribution in [0, 0.1) is 0 Å². The highest BCUT2D eigenvalue weighted by Gasteiger charge is 2.48. The van der Waals surface area contributed by atoms with Crippen molar-refractivity contribution in [3.8, 4) is 0 Å². The fourth-order valence-corrected chi connectivity index (χ4v) is 3.62. The topological polar surface area (TPSA) is 40.5 Å². The summed E-state index contributed by atoms with van der Waals surface area (Å²) in [6.45, 7) is 0. The summed E-state index contributed by atoms with van der Waals surface area (Å²) < 4.78 is 0. The molecule has 0 saturated heterocycles. The number of fused-ring (bicyclic) bond motifs is 1. The summed E-state index contributed by atoms with van der Waals surface area (Å²) in [4.78, 5) is 0. The molecule has 2 heteroatoms. The van der Waals surface area contributed by atoms with Crippen molar-refractivity contribution >= 4 is 0 Å². The van der Waals surface area contributed by atoms with Crippen molar-refractivity contribution in [2.45, 2.75) is 24.0 Å². The fourth-order valence-electron chi connectivity index (χ4n) is 3.62. The SMILES string of the molecule is O[C@@H]1C2c3ccccc3C(c3ccccc32)[C@@H]1O. The molecule has 0 spiro atoms. The highest BCUT2D eigenvalue weighted by Crippen LogP contribution is 2.52. The molecule has 2 bridgehead atoms. The molecule has 2 aromatic carbocycles. The summed E-state index contributed by atoms with van der Waals surface area (Å²) in [5, 5.41) is 20.6. The summed E-state index contributed by atoms with van der Waals surface area (Å²) in [6, 6.07) is 16.3. The maximum absolute atomic E-state index is 10.3. The molecule has 2 aromatic rings. The number of rotatable bonds is 0. The molecule has 0 aliphatic heterocycles. The second-order valence-electron chi connectivity index (χ2n) is 5.19. The van der Waals surface area contributed by atoms with Crippen molar-refractivity contribution in [1.29, 1.82) is 0 Å². The molecule has 0 radical (unpaired) electrons. The van der Waals surface area contributed by atoms with Crippen LogP contribution in [0.1, 0.15) is 34.1 Å². The Morgan fingerprint density at radius 3 is 1.11 bits per heavy atom. The summed E-state index contributed by atoms with van der Waals surface area (Å²) >= 11 is 0. The van der Waals surface area contributed by atoms with E-state index in [2.05, 4.69) is 24.3 Å². The molecule has 0 aromatic heterocycles. The van der Waals surface area contributed by atoms with Crippen molar-refractivity contribution < 1.29 is 10.2 Å². The Balaban J connectivity index is 2.06. The largest absolute Gasteiger partial charge is 0.389 e. The Morgan fingerprint density at radius 1 is 0.556 bits per heavy atom. The lowest BCUT2D eigenvalue weighted by atomic mass is 9.61. The molecule has 2 nitrogen and oxygen atoms in total. The van der Waals surface area contributed by atoms with Crippen LogP contribution < -0.4 is 0 Å². The van der Waals surface area contributed by atoms with E-state index >= 15 is 0 Å². The van der Waals surface area contributed by atoms with Gasteiger partial charge in [-0.1, -0.05) is 48.5 Å². The van der Waals surface area contributed by atoms with Gasteiger partial charge in [0.2, 0.25) is 0 Å². The van der Waals surface area contributed by atoms with Gasteiger partial charge in [0.1, 0.15) is 0 Å². The molecule has 3 aliphatic carbocycles. The molecular formula is C16H14O2. The molecule has 5 rings (SSSR count). The van der Waals surface area contributed by atoms with Crippen molar-refractivity contribution in [2.24, 2.45) is 0 Å². The lowest BCUT2D eigenvalue weighted by Gasteiger charge is -2.46. The Kier molecular flexibility index (Phi) is 1.97. The summed E-state index contributed by atoms with van der Waals surface area (Å²) in [5.41, 5.74) is 4.66. The Morgan fingerprint density at radius 2 is 0.833 bits per heavy atom. The van der Waals surface area contributed by atoms with Gasteiger partial charge in [0.15, 0.2) is 0 Å². The van der Waals surface area contributed by atoms with Gasteiger partial charge in [-0.15, -0.1) is 0 Å². The molecule has 0 saturated carbocycles. The lowest BCUT2D eigenvalue weighted by Crippen LogP contribution is -2.47. The van der Waals surface area contributed by atoms with E-state index in [9.17, 15) is 10.2 Å². The van der Waals surface area contributed by atoms with E-state index in [0.29, 0.717) is 0 Å². The van der Waals surface area contributed by atoms with E-state index in [4.69, 9.17) is 0 Å². The average molecular weight is 238 g/mol. The molecule has 90 valence electrons. The average Bonchev–Trinajstić information content (AvgIpc) is 2.42. The van der Waals surface area contributed by atoms with Crippen LogP contribution in [-0.4, -0.2) is 22.4 Å². The first kappa shape index (κ1) is 10.3. The van der Waals surface area contributed by atoms with Crippen LogP contribution in [0.4, 0.5) is 0 Å². The minimum absolute atomic E-state index is 0.0857. The quantitative estimate of drug-likeness (QED) is 0.737. The molecule has 0 unspecified atom stereocenters. The monoisotopic (exact) mass is 238 g/mol. The molecule has 2 N–H and O–H groups in total. The standard InChI is InChI=1S/C16H14O2/c17-15-13-9-5-1-2-6-10(9)14(16(15)18)12-8-4-3-7-11(12)13/h1-8,13-18H/t13?,14?,15-,16+. The molecule has 0 fully saturated rings. The van der Waals surface area contributed by atoms with Crippen molar-refractivity contribution in [2.75, 3.05) is 0 Å². The Bertz CT molecular complexity index is 518. The third-order valence-electron chi connectivity index (χ3n) is 4.37. The van der Waals surface area contributed by atoms with Gasteiger partial charge in [-0.05, 0) is 22.3 Å². The predicted molar refractivity (Wildman–Crippen MR) is 68.6 cm³/mol. The molecule has 0 amide bonds. The molecule has 0 heterocycles. The molecule has 18 heavy (non-hydrogen) atoms. The maximum Gasteiger partial charge on any atom is 0.0917 e. The zero-order valence-corrected chi connectivity index (χ0v) is 9.82. The first-order valence-corrected chi connectivity index (χ1v) is 6.33.